The van der Waals surface area contributed by atoms with Crippen molar-refractivity contribution in [3.8, 4) is 0 Å². The maximum absolute atomic E-state index is 12.2. The second-order valence-corrected chi connectivity index (χ2v) is 5.55. The van der Waals surface area contributed by atoms with E-state index >= 15 is 0 Å². The Morgan fingerprint density at radius 3 is 2.84 bits per heavy atom. The lowest BCUT2D eigenvalue weighted by atomic mass is 10.0. The summed E-state index contributed by atoms with van der Waals surface area (Å²) in [6, 6.07) is 5.69. The normalized spacial score (nSPS) is 18.9. The summed E-state index contributed by atoms with van der Waals surface area (Å²) in [4.78, 5) is 12.2. The van der Waals surface area contributed by atoms with E-state index < -0.39 is 0 Å². The highest BCUT2D eigenvalue weighted by molar-refractivity contribution is 5.88. The third-order valence-corrected chi connectivity index (χ3v) is 3.75. The quantitative estimate of drug-likeness (QED) is 0.770. The first-order chi connectivity index (χ1) is 9.02. The van der Waals surface area contributed by atoms with Gasteiger partial charge in [0.15, 0.2) is 0 Å². The molecule has 2 atom stereocenters. The van der Waals surface area contributed by atoms with Crippen molar-refractivity contribution in [3.63, 3.8) is 0 Å². The molecule has 0 saturated carbocycles. The lowest BCUT2D eigenvalue weighted by Gasteiger charge is -2.22. The number of fused-ring (bicyclic) bond motifs is 1. The zero-order chi connectivity index (χ0) is 14.0. The molecule has 1 heterocycles. The molecule has 0 saturated heterocycles. The Morgan fingerprint density at radius 1 is 1.53 bits per heavy atom. The second-order valence-electron chi connectivity index (χ2n) is 5.55. The van der Waals surface area contributed by atoms with Crippen LogP contribution in [-0.4, -0.2) is 29.7 Å². The second kappa shape index (κ2) is 5.61. The molecule has 19 heavy (non-hydrogen) atoms. The van der Waals surface area contributed by atoms with E-state index in [-0.39, 0.29) is 30.5 Å². The average Bonchev–Trinajstić information content (AvgIpc) is 2.80. The van der Waals surface area contributed by atoms with Crippen LogP contribution < -0.4 is 10.6 Å². The Kier molecular flexibility index (Phi) is 4.10. The van der Waals surface area contributed by atoms with Gasteiger partial charge < -0.3 is 15.7 Å². The number of anilines is 1. The molecule has 1 amide bonds. The summed E-state index contributed by atoms with van der Waals surface area (Å²) >= 11 is 0. The topological polar surface area (TPSA) is 61.4 Å². The van der Waals surface area contributed by atoms with Crippen molar-refractivity contribution in [3.05, 3.63) is 29.3 Å². The van der Waals surface area contributed by atoms with Crippen LogP contribution in [0.4, 0.5) is 5.69 Å². The first kappa shape index (κ1) is 13.9. The third-order valence-electron chi connectivity index (χ3n) is 3.75. The Labute approximate surface area is 114 Å². The van der Waals surface area contributed by atoms with Gasteiger partial charge in [0.05, 0.1) is 12.6 Å². The van der Waals surface area contributed by atoms with Crippen LogP contribution >= 0.6 is 0 Å². The third kappa shape index (κ3) is 2.89. The highest BCUT2D eigenvalue weighted by Gasteiger charge is 2.29. The molecular formula is C15H22N2O2. The summed E-state index contributed by atoms with van der Waals surface area (Å²) in [7, 11) is 0. The van der Waals surface area contributed by atoms with Crippen LogP contribution in [0, 0.1) is 12.8 Å². The van der Waals surface area contributed by atoms with Gasteiger partial charge in [0.25, 0.3) is 0 Å². The van der Waals surface area contributed by atoms with Gasteiger partial charge in [-0.1, -0.05) is 32.0 Å². The van der Waals surface area contributed by atoms with E-state index in [1.165, 1.54) is 5.56 Å². The molecule has 0 spiro atoms. The summed E-state index contributed by atoms with van der Waals surface area (Å²) in [5, 5.41) is 15.5. The number of carbonyl (C=O) groups is 1. The van der Waals surface area contributed by atoms with Crippen LogP contribution in [0.5, 0.6) is 0 Å². The smallest absolute Gasteiger partial charge is 0.243 e. The summed E-state index contributed by atoms with van der Waals surface area (Å²) in [6.45, 7) is 5.99. The number of hydrogen-bond acceptors (Lipinski definition) is 3. The highest BCUT2D eigenvalue weighted by Crippen LogP contribution is 2.29. The molecule has 4 nitrogen and oxygen atoms in total. The number of para-hydroxylation sites is 1. The molecule has 0 aliphatic carbocycles. The first-order valence-corrected chi connectivity index (χ1v) is 6.79. The van der Waals surface area contributed by atoms with E-state index in [1.807, 2.05) is 32.9 Å². The number of aryl methyl sites for hydroxylation is 1. The van der Waals surface area contributed by atoms with Gasteiger partial charge in [-0.3, -0.25) is 4.79 Å². The van der Waals surface area contributed by atoms with Gasteiger partial charge in [-0.25, -0.2) is 0 Å². The zero-order valence-corrected chi connectivity index (χ0v) is 11.7. The molecule has 104 valence electrons. The molecule has 0 aromatic heterocycles. The standard InChI is InChI=1S/C15H22N2O2/c1-9(2)13(8-18)17-15(19)12-7-11-6-4-5-10(3)14(11)16-12/h4-6,9,12-13,16,18H,7-8H2,1-3H3,(H,17,19)/t12?,13-/m1/s1. The van der Waals surface area contributed by atoms with Crippen LogP contribution in [0.1, 0.15) is 25.0 Å². The van der Waals surface area contributed by atoms with Crippen molar-refractivity contribution in [1.82, 2.24) is 5.32 Å². The van der Waals surface area contributed by atoms with E-state index in [0.29, 0.717) is 6.42 Å². The minimum atomic E-state index is -0.233. The molecule has 0 radical (unpaired) electrons. The Balaban J connectivity index is 2.03. The summed E-state index contributed by atoms with van der Waals surface area (Å²) in [6.07, 6.45) is 0.707. The van der Waals surface area contributed by atoms with E-state index in [9.17, 15) is 9.90 Å². The molecule has 0 fully saturated rings. The first-order valence-electron chi connectivity index (χ1n) is 6.79. The van der Waals surface area contributed by atoms with Crippen LogP contribution in [0.2, 0.25) is 0 Å². The predicted octanol–water partition coefficient (Wildman–Crippen LogP) is 1.46. The maximum Gasteiger partial charge on any atom is 0.243 e. The monoisotopic (exact) mass is 262 g/mol. The summed E-state index contributed by atoms with van der Waals surface area (Å²) in [5.74, 6) is 0.183. The SMILES string of the molecule is Cc1cccc2c1NC(C(=O)N[C@H](CO)C(C)C)C2. The van der Waals surface area contributed by atoms with Gasteiger partial charge in [-0.15, -0.1) is 0 Å². The number of amides is 1. The lowest BCUT2D eigenvalue weighted by Crippen LogP contribution is -2.47. The van der Waals surface area contributed by atoms with E-state index in [0.717, 1.165) is 11.3 Å². The van der Waals surface area contributed by atoms with Crippen LogP contribution in [0.25, 0.3) is 0 Å². The number of hydrogen-bond donors (Lipinski definition) is 3. The minimum Gasteiger partial charge on any atom is -0.394 e. The number of rotatable bonds is 4. The molecule has 1 aromatic carbocycles. The van der Waals surface area contributed by atoms with Crippen LogP contribution in [0.3, 0.4) is 0 Å². The molecule has 1 aliphatic heterocycles. The number of carbonyl (C=O) groups excluding carboxylic acids is 1. The molecule has 1 aromatic rings. The summed E-state index contributed by atoms with van der Waals surface area (Å²) in [5.41, 5.74) is 3.42. The molecule has 1 unspecified atom stereocenters. The zero-order valence-electron chi connectivity index (χ0n) is 11.7. The number of benzene rings is 1. The Morgan fingerprint density at radius 2 is 2.26 bits per heavy atom. The fraction of sp³-hybridized carbons (Fsp3) is 0.533. The molecule has 0 bridgehead atoms. The van der Waals surface area contributed by atoms with Gasteiger partial charge in [-0.2, -0.15) is 0 Å². The number of aliphatic hydroxyl groups is 1. The van der Waals surface area contributed by atoms with Gasteiger partial charge in [0.1, 0.15) is 6.04 Å². The van der Waals surface area contributed by atoms with Gasteiger partial charge in [0.2, 0.25) is 5.91 Å². The Hall–Kier alpha value is -1.55. The number of nitrogens with one attached hydrogen (secondary N) is 2. The molecule has 3 N–H and O–H groups in total. The fourth-order valence-corrected chi connectivity index (χ4v) is 2.42. The van der Waals surface area contributed by atoms with Crippen molar-refractivity contribution < 1.29 is 9.90 Å². The fourth-order valence-electron chi connectivity index (χ4n) is 2.42. The summed E-state index contributed by atoms with van der Waals surface area (Å²) < 4.78 is 0. The lowest BCUT2D eigenvalue weighted by molar-refractivity contribution is -0.123. The largest absolute Gasteiger partial charge is 0.394 e. The van der Waals surface area contributed by atoms with E-state index in [2.05, 4.69) is 16.7 Å². The van der Waals surface area contributed by atoms with Crippen molar-refractivity contribution in [2.75, 3.05) is 11.9 Å². The van der Waals surface area contributed by atoms with Crippen molar-refractivity contribution in [2.24, 2.45) is 5.92 Å². The predicted molar refractivity (Wildman–Crippen MR) is 76.1 cm³/mol. The highest BCUT2D eigenvalue weighted by atomic mass is 16.3. The molecule has 2 rings (SSSR count). The molecule has 4 heteroatoms. The number of aliphatic hydroxyl groups excluding tert-OH is 1. The van der Waals surface area contributed by atoms with Crippen molar-refractivity contribution >= 4 is 11.6 Å². The van der Waals surface area contributed by atoms with Crippen LogP contribution in [0.15, 0.2) is 18.2 Å². The van der Waals surface area contributed by atoms with E-state index in [1.54, 1.807) is 0 Å². The van der Waals surface area contributed by atoms with Crippen molar-refractivity contribution in [2.45, 2.75) is 39.3 Å². The maximum atomic E-state index is 12.2. The van der Waals surface area contributed by atoms with Gasteiger partial charge >= 0.3 is 0 Å². The average molecular weight is 262 g/mol. The Bertz CT molecular complexity index is 471. The molecular weight excluding hydrogens is 240 g/mol. The van der Waals surface area contributed by atoms with Gasteiger partial charge in [-0.05, 0) is 24.0 Å². The van der Waals surface area contributed by atoms with Crippen molar-refractivity contribution in [1.29, 1.82) is 0 Å². The van der Waals surface area contributed by atoms with Gasteiger partial charge in [0, 0.05) is 12.1 Å². The minimum absolute atomic E-state index is 0.0257. The molecule has 1 aliphatic rings. The van der Waals surface area contributed by atoms with E-state index in [4.69, 9.17) is 0 Å². The van der Waals surface area contributed by atoms with Crippen LogP contribution in [-0.2, 0) is 11.2 Å².